The quantitative estimate of drug-likeness (QED) is 0.510. The minimum atomic E-state index is 1.19. The molecule has 0 aromatic heterocycles. The van der Waals surface area contributed by atoms with Crippen LogP contribution in [0.25, 0.3) is 0 Å². The SMILES string of the molecule is C1CC2C3CCC(C3)C2C1.CC.CCC. The minimum absolute atomic E-state index is 1.19. The monoisotopic (exact) mass is 210 g/mol. The van der Waals surface area contributed by atoms with Gasteiger partial charge in [-0.1, -0.05) is 40.5 Å². The van der Waals surface area contributed by atoms with Gasteiger partial charge in [-0.2, -0.15) is 0 Å². The van der Waals surface area contributed by atoms with Crippen molar-refractivity contribution in [2.75, 3.05) is 0 Å². The Labute approximate surface area is 96.8 Å². The summed E-state index contributed by atoms with van der Waals surface area (Å²) in [5, 5.41) is 0. The first-order chi connectivity index (χ1) is 7.36. The summed E-state index contributed by atoms with van der Waals surface area (Å²) in [4.78, 5) is 0. The van der Waals surface area contributed by atoms with E-state index >= 15 is 0 Å². The highest BCUT2D eigenvalue weighted by Gasteiger charge is 2.48. The lowest BCUT2D eigenvalue weighted by Gasteiger charge is -2.23. The Hall–Kier alpha value is 0. The van der Waals surface area contributed by atoms with Gasteiger partial charge < -0.3 is 0 Å². The normalized spacial score (nSPS) is 40.0. The first kappa shape index (κ1) is 13.1. The van der Waals surface area contributed by atoms with E-state index in [0.717, 1.165) is 0 Å². The molecule has 4 unspecified atom stereocenters. The van der Waals surface area contributed by atoms with Gasteiger partial charge in [-0.05, 0) is 55.8 Å². The lowest BCUT2D eigenvalue weighted by molar-refractivity contribution is 0.259. The molecule has 0 aromatic rings. The van der Waals surface area contributed by atoms with Crippen LogP contribution < -0.4 is 0 Å². The van der Waals surface area contributed by atoms with Crippen LogP contribution in [0.1, 0.15) is 72.6 Å². The Morgan fingerprint density at radius 1 is 0.800 bits per heavy atom. The highest BCUT2D eigenvalue weighted by molar-refractivity contribution is 4.98. The second-order valence-corrected chi connectivity index (χ2v) is 5.30. The topological polar surface area (TPSA) is 0 Å². The highest BCUT2D eigenvalue weighted by Crippen LogP contribution is 2.58. The molecule has 0 spiro atoms. The van der Waals surface area contributed by atoms with Gasteiger partial charge >= 0.3 is 0 Å². The van der Waals surface area contributed by atoms with E-state index in [1.165, 1.54) is 30.1 Å². The summed E-state index contributed by atoms with van der Waals surface area (Å²) < 4.78 is 0. The van der Waals surface area contributed by atoms with E-state index < -0.39 is 0 Å². The van der Waals surface area contributed by atoms with E-state index in [9.17, 15) is 0 Å². The van der Waals surface area contributed by atoms with E-state index in [2.05, 4.69) is 13.8 Å². The third-order valence-electron chi connectivity index (χ3n) is 4.35. The van der Waals surface area contributed by atoms with E-state index in [-0.39, 0.29) is 0 Å². The maximum absolute atomic E-state index is 2.12. The van der Waals surface area contributed by atoms with Crippen molar-refractivity contribution >= 4 is 0 Å². The van der Waals surface area contributed by atoms with Crippen LogP contribution in [-0.4, -0.2) is 0 Å². The molecule has 0 heterocycles. The largest absolute Gasteiger partial charge is 0.0683 e. The molecule has 15 heavy (non-hydrogen) atoms. The van der Waals surface area contributed by atoms with Gasteiger partial charge in [0.15, 0.2) is 0 Å². The molecular formula is C15H30. The van der Waals surface area contributed by atoms with E-state index in [1.54, 1.807) is 38.5 Å². The van der Waals surface area contributed by atoms with E-state index in [1.807, 2.05) is 13.8 Å². The van der Waals surface area contributed by atoms with Crippen molar-refractivity contribution in [3.8, 4) is 0 Å². The lowest BCUT2D eigenvalue weighted by Crippen LogP contribution is -2.15. The molecule has 3 rings (SSSR count). The fourth-order valence-electron chi connectivity index (χ4n) is 4.02. The van der Waals surface area contributed by atoms with Crippen LogP contribution in [0.2, 0.25) is 0 Å². The number of rotatable bonds is 0. The maximum atomic E-state index is 2.12. The summed E-state index contributed by atoms with van der Waals surface area (Å²) in [6, 6.07) is 0. The predicted molar refractivity (Wildman–Crippen MR) is 69.0 cm³/mol. The van der Waals surface area contributed by atoms with Gasteiger partial charge in [0.05, 0.1) is 0 Å². The molecular weight excluding hydrogens is 180 g/mol. The molecule has 0 radical (unpaired) electrons. The number of hydrogen-bond acceptors (Lipinski definition) is 0. The Bertz CT molecular complexity index is 145. The van der Waals surface area contributed by atoms with Crippen LogP contribution in [0.3, 0.4) is 0 Å². The first-order valence-corrected chi connectivity index (χ1v) is 7.36. The number of hydrogen-bond donors (Lipinski definition) is 0. The van der Waals surface area contributed by atoms with Crippen LogP contribution in [-0.2, 0) is 0 Å². The Balaban J connectivity index is 0.000000198. The molecule has 3 saturated carbocycles. The minimum Gasteiger partial charge on any atom is -0.0683 e. The summed E-state index contributed by atoms with van der Waals surface area (Å²) in [6.45, 7) is 8.25. The van der Waals surface area contributed by atoms with Crippen LogP contribution in [0, 0.1) is 23.7 Å². The molecule has 4 atom stereocenters. The first-order valence-electron chi connectivity index (χ1n) is 7.36. The molecule has 90 valence electrons. The van der Waals surface area contributed by atoms with Crippen LogP contribution in [0.4, 0.5) is 0 Å². The molecule has 0 N–H and O–H groups in total. The van der Waals surface area contributed by atoms with Gasteiger partial charge in [-0.15, -0.1) is 0 Å². The van der Waals surface area contributed by atoms with Gasteiger partial charge in [0.2, 0.25) is 0 Å². The molecule has 0 saturated heterocycles. The van der Waals surface area contributed by atoms with Crippen molar-refractivity contribution in [3.63, 3.8) is 0 Å². The second kappa shape index (κ2) is 6.55. The predicted octanol–water partition coefficient (Wildman–Crippen LogP) is 5.28. The average molecular weight is 210 g/mol. The Morgan fingerprint density at radius 3 is 1.60 bits per heavy atom. The van der Waals surface area contributed by atoms with Gasteiger partial charge in [-0.25, -0.2) is 0 Å². The zero-order valence-corrected chi connectivity index (χ0v) is 11.3. The highest BCUT2D eigenvalue weighted by atomic mass is 14.5. The van der Waals surface area contributed by atoms with Crippen molar-refractivity contribution in [2.24, 2.45) is 23.7 Å². The molecule has 3 aliphatic carbocycles. The molecule has 3 fully saturated rings. The average Bonchev–Trinajstić information content (AvgIpc) is 2.96. The Kier molecular flexibility index (Phi) is 5.71. The summed E-state index contributed by atoms with van der Waals surface area (Å²) in [5.41, 5.74) is 0. The molecule has 0 nitrogen and oxygen atoms in total. The van der Waals surface area contributed by atoms with E-state index in [4.69, 9.17) is 0 Å². The summed E-state index contributed by atoms with van der Waals surface area (Å²) in [5.74, 6) is 4.80. The van der Waals surface area contributed by atoms with Gasteiger partial charge in [0.1, 0.15) is 0 Å². The molecule has 0 amide bonds. The van der Waals surface area contributed by atoms with Gasteiger partial charge in [-0.3, -0.25) is 0 Å². The van der Waals surface area contributed by atoms with Gasteiger partial charge in [0.25, 0.3) is 0 Å². The fourth-order valence-corrected chi connectivity index (χ4v) is 4.02. The molecule has 2 bridgehead atoms. The summed E-state index contributed by atoms with van der Waals surface area (Å²) >= 11 is 0. The maximum Gasteiger partial charge on any atom is -0.0355 e. The zero-order valence-electron chi connectivity index (χ0n) is 11.3. The van der Waals surface area contributed by atoms with Crippen molar-refractivity contribution in [3.05, 3.63) is 0 Å². The molecule has 3 aliphatic rings. The third-order valence-corrected chi connectivity index (χ3v) is 4.35. The van der Waals surface area contributed by atoms with Crippen molar-refractivity contribution in [2.45, 2.75) is 72.6 Å². The zero-order chi connectivity index (χ0) is 11.3. The molecule has 0 aromatic carbocycles. The lowest BCUT2D eigenvalue weighted by atomic mass is 9.82. The smallest absolute Gasteiger partial charge is 0.0355 e. The summed E-state index contributed by atoms with van der Waals surface area (Å²) in [6.07, 6.45) is 10.8. The fraction of sp³-hybridized carbons (Fsp3) is 1.00. The standard InChI is InChI=1S/C10H16.C3H8.C2H6/c1-2-9-7-4-5-8(6-7)10(9)3-1;1-3-2;1-2/h7-10H,1-6H2;3H2,1-2H3;1-2H3. The van der Waals surface area contributed by atoms with Crippen LogP contribution in [0.15, 0.2) is 0 Å². The van der Waals surface area contributed by atoms with Crippen molar-refractivity contribution in [1.82, 2.24) is 0 Å². The van der Waals surface area contributed by atoms with Crippen molar-refractivity contribution in [1.29, 1.82) is 0 Å². The molecule has 0 aliphatic heterocycles. The second-order valence-electron chi connectivity index (χ2n) is 5.30. The van der Waals surface area contributed by atoms with Gasteiger partial charge in [0, 0.05) is 0 Å². The summed E-state index contributed by atoms with van der Waals surface area (Å²) in [7, 11) is 0. The van der Waals surface area contributed by atoms with Crippen molar-refractivity contribution < 1.29 is 0 Å². The third kappa shape index (κ3) is 2.77. The molecule has 0 heteroatoms. The van der Waals surface area contributed by atoms with E-state index in [0.29, 0.717) is 0 Å². The Morgan fingerprint density at radius 2 is 1.20 bits per heavy atom. The number of fused-ring (bicyclic) bond motifs is 5. The van der Waals surface area contributed by atoms with Crippen LogP contribution in [0.5, 0.6) is 0 Å². The van der Waals surface area contributed by atoms with Crippen LogP contribution >= 0.6 is 0 Å².